The molecule has 2 heterocycles. The molecule has 0 radical (unpaired) electrons. The van der Waals surface area contributed by atoms with Crippen LogP contribution >= 0.6 is 0 Å². The van der Waals surface area contributed by atoms with E-state index < -0.39 is 10.0 Å². The SMILES string of the molecule is CC(=O)Nc1ccc(S(=O)(=O)Nc2ccc(Oc3cc(-n4nc(C)c(C)c4C)nc(C)n3)cc2)c(C)c1. The third-order valence-electron chi connectivity index (χ3n) is 5.78. The van der Waals surface area contributed by atoms with Gasteiger partial charge in [0.05, 0.1) is 10.6 Å². The Hall–Kier alpha value is -4.25. The van der Waals surface area contributed by atoms with Crippen molar-refractivity contribution in [3.63, 3.8) is 0 Å². The fourth-order valence-electron chi connectivity index (χ4n) is 3.78. The normalized spacial score (nSPS) is 11.3. The van der Waals surface area contributed by atoms with Crippen LogP contribution < -0.4 is 14.8 Å². The summed E-state index contributed by atoms with van der Waals surface area (Å²) < 4.78 is 36.1. The second-order valence-corrected chi connectivity index (χ2v) is 10.4. The van der Waals surface area contributed by atoms with Gasteiger partial charge in [-0.3, -0.25) is 9.52 Å². The molecule has 0 fully saturated rings. The molecule has 0 unspecified atom stereocenters. The predicted octanol–water partition coefficient (Wildman–Crippen LogP) is 4.76. The summed E-state index contributed by atoms with van der Waals surface area (Å²) in [5.74, 6) is 1.72. The number of aryl methyl sites for hydroxylation is 3. The third-order valence-corrected chi connectivity index (χ3v) is 7.33. The summed E-state index contributed by atoms with van der Waals surface area (Å²) in [4.78, 5) is 20.2. The number of anilines is 2. The van der Waals surface area contributed by atoms with Crippen LogP contribution in [0.3, 0.4) is 0 Å². The van der Waals surface area contributed by atoms with E-state index in [9.17, 15) is 13.2 Å². The first-order valence-corrected chi connectivity index (χ1v) is 13.0. The van der Waals surface area contributed by atoms with Crippen LogP contribution in [0.4, 0.5) is 11.4 Å². The summed E-state index contributed by atoms with van der Waals surface area (Å²) in [5, 5.41) is 7.19. The van der Waals surface area contributed by atoms with Gasteiger partial charge in [-0.1, -0.05) is 0 Å². The minimum absolute atomic E-state index is 0.116. The zero-order valence-electron chi connectivity index (χ0n) is 21.4. The number of benzene rings is 2. The first-order chi connectivity index (χ1) is 17.4. The van der Waals surface area contributed by atoms with E-state index in [1.165, 1.54) is 13.0 Å². The van der Waals surface area contributed by atoms with Crippen LogP contribution in [0.15, 0.2) is 53.4 Å². The van der Waals surface area contributed by atoms with Crippen molar-refractivity contribution in [1.82, 2.24) is 19.7 Å². The smallest absolute Gasteiger partial charge is 0.262 e. The molecule has 0 saturated heterocycles. The maximum Gasteiger partial charge on any atom is 0.262 e. The van der Waals surface area contributed by atoms with Gasteiger partial charge in [-0.25, -0.2) is 18.1 Å². The molecule has 11 heteroatoms. The molecule has 2 aromatic heterocycles. The lowest BCUT2D eigenvalue weighted by Crippen LogP contribution is -2.14. The van der Waals surface area contributed by atoms with Gasteiger partial charge in [-0.2, -0.15) is 10.1 Å². The van der Waals surface area contributed by atoms with Gasteiger partial charge >= 0.3 is 0 Å². The fourth-order valence-corrected chi connectivity index (χ4v) is 5.07. The molecule has 0 saturated carbocycles. The van der Waals surface area contributed by atoms with E-state index >= 15 is 0 Å². The predicted molar refractivity (Wildman–Crippen MR) is 141 cm³/mol. The number of rotatable bonds is 7. The Morgan fingerprint density at radius 2 is 1.59 bits per heavy atom. The molecule has 0 aliphatic rings. The summed E-state index contributed by atoms with van der Waals surface area (Å²) >= 11 is 0. The molecule has 0 spiro atoms. The fraction of sp³-hybridized carbons (Fsp3) is 0.231. The topological polar surface area (TPSA) is 128 Å². The van der Waals surface area contributed by atoms with E-state index in [1.807, 2.05) is 20.8 Å². The highest BCUT2D eigenvalue weighted by Gasteiger charge is 2.18. The summed E-state index contributed by atoms with van der Waals surface area (Å²) in [7, 11) is -3.84. The standard InChI is InChI=1S/C26H28N6O4S/c1-15-13-22(29-20(6)33)9-12-24(15)37(34,35)31-21-7-10-23(11-8-21)36-26-14-25(27-19(5)28-26)32-18(4)16(2)17(3)30-32/h7-14,31H,1-6H3,(H,29,33). The Kier molecular flexibility index (Phi) is 6.99. The van der Waals surface area contributed by atoms with Gasteiger partial charge in [0.15, 0.2) is 5.82 Å². The van der Waals surface area contributed by atoms with Gasteiger partial charge in [-0.15, -0.1) is 0 Å². The van der Waals surface area contributed by atoms with Crippen LogP contribution in [0.2, 0.25) is 0 Å². The molecule has 0 bridgehead atoms. The molecular formula is C26H28N6O4S. The number of sulfonamides is 1. The number of nitrogens with zero attached hydrogens (tertiary/aromatic N) is 4. The van der Waals surface area contributed by atoms with E-state index in [0.717, 1.165) is 17.0 Å². The summed E-state index contributed by atoms with van der Waals surface area (Å²) in [6.07, 6.45) is 0. The van der Waals surface area contributed by atoms with Crippen molar-refractivity contribution in [3.05, 3.63) is 76.9 Å². The Morgan fingerprint density at radius 3 is 2.19 bits per heavy atom. The van der Waals surface area contributed by atoms with Crippen molar-refractivity contribution >= 4 is 27.3 Å². The highest BCUT2D eigenvalue weighted by Crippen LogP contribution is 2.26. The first-order valence-electron chi connectivity index (χ1n) is 11.5. The van der Waals surface area contributed by atoms with Crippen molar-refractivity contribution in [2.75, 3.05) is 10.0 Å². The molecule has 2 aromatic carbocycles. The Bertz CT molecular complexity index is 1590. The number of aromatic nitrogens is 4. The molecular weight excluding hydrogens is 492 g/mol. The molecule has 4 rings (SSSR count). The Labute approximate surface area is 215 Å². The van der Waals surface area contributed by atoms with Crippen LogP contribution in [-0.4, -0.2) is 34.1 Å². The monoisotopic (exact) mass is 520 g/mol. The van der Waals surface area contributed by atoms with Gasteiger partial charge in [0.25, 0.3) is 10.0 Å². The van der Waals surface area contributed by atoms with Crippen molar-refractivity contribution < 1.29 is 17.9 Å². The lowest BCUT2D eigenvalue weighted by molar-refractivity contribution is -0.114. The highest BCUT2D eigenvalue weighted by atomic mass is 32.2. The van der Waals surface area contributed by atoms with E-state index in [0.29, 0.717) is 40.2 Å². The second kappa shape index (κ2) is 10.0. The minimum atomic E-state index is -3.84. The summed E-state index contributed by atoms with van der Waals surface area (Å²) in [5.41, 5.74) is 4.41. The van der Waals surface area contributed by atoms with Gasteiger partial charge < -0.3 is 10.1 Å². The zero-order valence-corrected chi connectivity index (χ0v) is 22.3. The zero-order chi connectivity index (χ0) is 26.9. The Balaban J connectivity index is 1.51. The van der Waals surface area contributed by atoms with Gasteiger partial charge in [0, 0.05) is 30.1 Å². The maximum atomic E-state index is 12.9. The lowest BCUT2D eigenvalue weighted by Gasteiger charge is -2.13. The summed E-state index contributed by atoms with van der Waals surface area (Å²) in [6, 6.07) is 12.8. The molecule has 2 N–H and O–H groups in total. The number of amides is 1. The molecule has 0 aliphatic heterocycles. The van der Waals surface area contributed by atoms with Crippen LogP contribution in [0, 0.1) is 34.6 Å². The third kappa shape index (κ3) is 5.78. The quantitative estimate of drug-likeness (QED) is 0.360. The van der Waals surface area contributed by atoms with Crippen molar-refractivity contribution in [2.24, 2.45) is 0 Å². The molecule has 37 heavy (non-hydrogen) atoms. The van der Waals surface area contributed by atoms with Gasteiger partial charge in [0.2, 0.25) is 11.8 Å². The van der Waals surface area contributed by atoms with Gasteiger partial charge in [0.1, 0.15) is 11.6 Å². The van der Waals surface area contributed by atoms with Crippen molar-refractivity contribution in [2.45, 2.75) is 46.4 Å². The molecule has 4 aromatic rings. The largest absolute Gasteiger partial charge is 0.439 e. The van der Waals surface area contributed by atoms with Crippen molar-refractivity contribution in [3.8, 4) is 17.4 Å². The maximum absolute atomic E-state index is 12.9. The molecule has 1 amide bonds. The molecule has 10 nitrogen and oxygen atoms in total. The average molecular weight is 521 g/mol. The van der Waals surface area contributed by atoms with Gasteiger partial charge in [-0.05, 0) is 88.2 Å². The highest BCUT2D eigenvalue weighted by molar-refractivity contribution is 7.92. The van der Waals surface area contributed by atoms with Crippen LogP contribution in [0.25, 0.3) is 5.82 Å². The molecule has 192 valence electrons. The van der Waals surface area contributed by atoms with Crippen LogP contribution in [0.1, 0.15) is 35.3 Å². The van der Waals surface area contributed by atoms with Crippen LogP contribution in [0.5, 0.6) is 11.6 Å². The number of carbonyl (C=O) groups is 1. The molecule has 0 aliphatic carbocycles. The van der Waals surface area contributed by atoms with Crippen molar-refractivity contribution in [1.29, 1.82) is 0 Å². The van der Waals surface area contributed by atoms with E-state index in [-0.39, 0.29) is 10.8 Å². The van der Waals surface area contributed by atoms with E-state index in [2.05, 4.69) is 25.1 Å². The number of hydrogen-bond acceptors (Lipinski definition) is 7. The molecule has 0 atom stereocenters. The summed E-state index contributed by atoms with van der Waals surface area (Å²) in [6.45, 7) is 10.8. The Morgan fingerprint density at radius 1 is 0.919 bits per heavy atom. The van der Waals surface area contributed by atoms with E-state index in [1.54, 1.807) is 61.0 Å². The number of ether oxygens (including phenoxy) is 1. The number of hydrogen-bond donors (Lipinski definition) is 2. The second-order valence-electron chi connectivity index (χ2n) is 8.71. The van der Waals surface area contributed by atoms with E-state index in [4.69, 9.17) is 4.74 Å². The number of nitrogens with one attached hydrogen (secondary N) is 2. The average Bonchev–Trinajstić information content (AvgIpc) is 3.06. The minimum Gasteiger partial charge on any atom is -0.439 e. The first kappa shape index (κ1) is 25.8. The lowest BCUT2D eigenvalue weighted by atomic mass is 10.2. The number of carbonyl (C=O) groups excluding carboxylic acids is 1. The van der Waals surface area contributed by atoms with Crippen LogP contribution in [-0.2, 0) is 14.8 Å².